The van der Waals surface area contributed by atoms with Gasteiger partial charge in [-0.1, -0.05) is 17.7 Å². The number of rotatable bonds is 8. The molecule has 2 N–H and O–H groups in total. The number of nitrogens with one attached hydrogen (secondary N) is 2. The zero-order chi connectivity index (χ0) is 19.2. The van der Waals surface area contributed by atoms with Gasteiger partial charge in [0.05, 0.1) is 10.6 Å². The minimum Gasteiger partial charge on any atom is -0.492 e. The zero-order valence-corrected chi connectivity index (χ0v) is 16.5. The van der Waals surface area contributed by atoms with E-state index < -0.39 is 10.0 Å². The van der Waals surface area contributed by atoms with E-state index in [0.29, 0.717) is 11.4 Å². The molecule has 2 aromatic rings. The van der Waals surface area contributed by atoms with Gasteiger partial charge in [-0.15, -0.1) is 11.8 Å². The smallest absolute Gasteiger partial charge is 0.240 e. The van der Waals surface area contributed by atoms with Crippen LogP contribution in [0.2, 0.25) is 0 Å². The summed E-state index contributed by atoms with van der Waals surface area (Å²) < 4.78 is 32.9. The highest BCUT2D eigenvalue weighted by atomic mass is 32.2. The number of thioether (sulfide) groups is 1. The van der Waals surface area contributed by atoms with Gasteiger partial charge in [0.1, 0.15) is 12.4 Å². The van der Waals surface area contributed by atoms with Crippen LogP contribution >= 0.6 is 11.8 Å². The Morgan fingerprint density at radius 2 is 1.85 bits per heavy atom. The molecule has 26 heavy (non-hydrogen) atoms. The van der Waals surface area contributed by atoms with Gasteiger partial charge in [0.2, 0.25) is 15.9 Å². The number of ether oxygens (including phenoxy) is 1. The number of hydrogen-bond acceptors (Lipinski definition) is 5. The normalized spacial score (nSPS) is 11.2. The lowest BCUT2D eigenvalue weighted by atomic mass is 10.2. The highest BCUT2D eigenvalue weighted by Gasteiger charge is 2.16. The molecule has 0 unspecified atom stereocenters. The summed E-state index contributed by atoms with van der Waals surface area (Å²) in [6, 6.07) is 12.2. The lowest BCUT2D eigenvalue weighted by Gasteiger charge is -2.12. The molecule has 0 saturated heterocycles. The summed E-state index contributed by atoms with van der Waals surface area (Å²) >= 11 is 1.43. The summed E-state index contributed by atoms with van der Waals surface area (Å²) in [6.45, 7) is 3.71. The van der Waals surface area contributed by atoms with E-state index >= 15 is 0 Å². The van der Waals surface area contributed by atoms with Gasteiger partial charge >= 0.3 is 0 Å². The van der Waals surface area contributed by atoms with Crippen LogP contribution in [0.1, 0.15) is 12.5 Å². The highest BCUT2D eigenvalue weighted by molar-refractivity contribution is 7.98. The second-order valence-corrected chi connectivity index (χ2v) is 8.22. The Morgan fingerprint density at radius 3 is 2.46 bits per heavy atom. The van der Waals surface area contributed by atoms with Crippen molar-refractivity contribution in [3.8, 4) is 5.75 Å². The summed E-state index contributed by atoms with van der Waals surface area (Å²) in [7, 11) is -3.70. The molecule has 2 rings (SSSR count). The Bertz CT molecular complexity index is 865. The molecule has 0 bridgehead atoms. The Hall–Kier alpha value is -2.03. The molecule has 0 saturated carbocycles. The molecule has 0 spiro atoms. The maximum Gasteiger partial charge on any atom is 0.240 e. The van der Waals surface area contributed by atoms with Crippen LogP contribution in [0.3, 0.4) is 0 Å². The molecule has 0 radical (unpaired) electrons. The third kappa shape index (κ3) is 5.76. The van der Waals surface area contributed by atoms with E-state index in [-0.39, 0.29) is 24.0 Å². The second-order valence-electron chi connectivity index (χ2n) is 5.60. The van der Waals surface area contributed by atoms with Crippen molar-refractivity contribution in [1.29, 1.82) is 0 Å². The van der Waals surface area contributed by atoms with Crippen LogP contribution in [-0.4, -0.2) is 33.7 Å². The molecule has 0 atom stereocenters. The molecule has 0 aliphatic rings. The van der Waals surface area contributed by atoms with Crippen molar-refractivity contribution < 1.29 is 17.9 Å². The van der Waals surface area contributed by atoms with Crippen molar-refractivity contribution in [3.63, 3.8) is 0 Å². The summed E-state index contributed by atoms with van der Waals surface area (Å²) in [5.41, 5.74) is 1.60. The first kappa shape index (κ1) is 20.3. The van der Waals surface area contributed by atoms with Gasteiger partial charge in [-0.3, -0.25) is 4.79 Å². The third-order valence-corrected chi connectivity index (χ3v) is 5.73. The lowest BCUT2D eigenvalue weighted by Crippen LogP contribution is -2.28. The summed E-state index contributed by atoms with van der Waals surface area (Å²) in [5.74, 6) is 0.432. The van der Waals surface area contributed by atoms with E-state index in [1.807, 2.05) is 37.4 Å². The summed E-state index contributed by atoms with van der Waals surface area (Å²) in [6.07, 6.45) is 1.86. The number of amides is 1. The molecule has 8 heteroatoms. The van der Waals surface area contributed by atoms with Gasteiger partial charge in [-0.05, 0) is 43.5 Å². The topological polar surface area (TPSA) is 84.5 Å². The maximum absolute atomic E-state index is 12.4. The van der Waals surface area contributed by atoms with E-state index in [9.17, 15) is 13.2 Å². The van der Waals surface area contributed by atoms with E-state index in [0.717, 1.165) is 10.5 Å². The van der Waals surface area contributed by atoms with E-state index in [1.165, 1.54) is 30.8 Å². The fourth-order valence-electron chi connectivity index (χ4n) is 2.20. The molecule has 0 heterocycles. The first-order valence-electron chi connectivity index (χ1n) is 7.96. The van der Waals surface area contributed by atoms with Crippen molar-refractivity contribution in [2.24, 2.45) is 0 Å². The Balaban J connectivity index is 2.00. The van der Waals surface area contributed by atoms with E-state index in [1.54, 1.807) is 6.07 Å². The molecular formula is C18H22N2O4S2. The SMILES string of the molecule is CSc1ccc(S(=O)(=O)NCCOc2ccc(C)cc2)cc1NC(C)=O. The predicted octanol–water partition coefficient (Wildman–Crippen LogP) is 3.03. The van der Waals surface area contributed by atoms with Crippen LogP contribution in [0.4, 0.5) is 5.69 Å². The standard InChI is InChI=1S/C18H22N2O4S2/c1-13-4-6-15(7-5-13)24-11-10-19-26(22,23)16-8-9-18(25-3)17(12-16)20-14(2)21/h4-9,12,19H,10-11H2,1-3H3,(H,20,21). The number of sulfonamides is 1. The van der Waals surface area contributed by atoms with Gasteiger partial charge in [0, 0.05) is 18.4 Å². The fraction of sp³-hybridized carbons (Fsp3) is 0.278. The number of hydrogen-bond donors (Lipinski definition) is 2. The first-order chi connectivity index (χ1) is 12.3. The lowest BCUT2D eigenvalue weighted by molar-refractivity contribution is -0.114. The molecule has 0 aliphatic carbocycles. The van der Waals surface area contributed by atoms with Crippen LogP contribution in [0.5, 0.6) is 5.75 Å². The molecule has 2 aromatic carbocycles. The van der Waals surface area contributed by atoms with Crippen LogP contribution in [-0.2, 0) is 14.8 Å². The predicted molar refractivity (Wildman–Crippen MR) is 104 cm³/mol. The number of anilines is 1. The first-order valence-corrected chi connectivity index (χ1v) is 10.7. The third-order valence-electron chi connectivity index (χ3n) is 3.48. The van der Waals surface area contributed by atoms with Gasteiger partial charge in [-0.2, -0.15) is 0 Å². The zero-order valence-electron chi connectivity index (χ0n) is 14.9. The Kier molecular flexibility index (Phi) is 7.07. The van der Waals surface area contributed by atoms with Crippen LogP contribution in [0.25, 0.3) is 0 Å². The van der Waals surface area contributed by atoms with Crippen molar-refractivity contribution in [1.82, 2.24) is 4.72 Å². The van der Waals surface area contributed by atoms with Gasteiger partial charge < -0.3 is 10.1 Å². The van der Waals surface area contributed by atoms with Crippen molar-refractivity contribution >= 4 is 33.4 Å². The van der Waals surface area contributed by atoms with Crippen molar-refractivity contribution in [3.05, 3.63) is 48.0 Å². The molecule has 6 nitrogen and oxygen atoms in total. The average molecular weight is 395 g/mol. The molecule has 0 fully saturated rings. The minimum atomic E-state index is -3.70. The van der Waals surface area contributed by atoms with Crippen LogP contribution < -0.4 is 14.8 Å². The Labute approximate surface area is 158 Å². The molecule has 0 aliphatic heterocycles. The summed E-state index contributed by atoms with van der Waals surface area (Å²) in [4.78, 5) is 12.2. The average Bonchev–Trinajstić information content (AvgIpc) is 2.59. The minimum absolute atomic E-state index is 0.0920. The number of carbonyl (C=O) groups excluding carboxylic acids is 1. The van der Waals surface area contributed by atoms with Gasteiger partial charge in [0.25, 0.3) is 0 Å². The monoisotopic (exact) mass is 394 g/mol. The highest BCUT2D eigenvalue weighted by Crippen LogP contribution is 2.28. The van der Waals surface area contributed by atoms with Gasteiger partial charge in [-0.25, -0.2) is 13.1 Å². The number of aryl methyl sites for hydroxylation is 1. The van der Waals surface area contributed by atoms with Gasteiger partial charge in [0.15, 0.2) is 0 Å². The van der Waals surface area contributed by atoms with E-state index in [4.69, 9.17) is 4.74 Å². The molecule has 1 amide bonds. The quantitative estimate of drug-likeness (QED) is 0.531. The molecule has 140 valence electrons. The second kappa shape index (κ2) is 9.07. The van der Waals surface area contributed by atoms with E-state index in [2.05, 4.69) is 10.0 Å². The molecule has 0 aromatic heterocycles. The number of benzene rings is 2. The molecular weight excluding hydrogens is 372 g/mol. The Morgan fingerprint density at radius 1 is 1.15 bits per heavy atom. The maximum atomic E-state index is 12.4. The van der Waals surface area contributed by atoms with Crippen molar-refractivity contribution in [2.75, 3.05) is 24.7 Å². The van der Waals surface area contributed by atoms with Crippen molar-refractivity contribution in [2.45, 2.75) is 23.6 Å². The fourth-order valence-corrected chi connectivity index (χ4v) is 3.78. The number of carbonyl (C=O) groups is 1. The van der Waals surface area contributed by atoms with Crippen LogP contribution in [0, 0.1) is 6.92 Å². The van der Waals surface area contributed by atoms with Crippen LogP contribution in [0.15, 0.2) is 52.3 Å². The summed E-state index contributed by atoms with van der Waals surface area (Å²) in [5, 5.41) is 2.65. The largest absolute Gasteiger partial charge is 0.492 e.